The SMILES string of the molecule is COc1cccc(C(=O)N2CCc3ccccc3C2c2ccccc2Cl)c1. The van der Waals surface area contributed by atoms with Gasteiger partial charge in [0.05, 0.1) is 13.2 Å². The van der Waals surface area contributed by atoms with Crippen LogP contribution in [0.4, 0.5) is 0 Å². The van der Waals surface area contributed by atoms with Crippen LogP contribution in [0.1, 0.15) is 33.1 Å². The summed E-state index contributed by atoms with van der Waals surface area (Å²) in [7, 11) is 1.60. The first kappa shape index (κ1) is 17.6. The molecule has 136 valence electrons. The van der Waals surface area contributed by atoms with Crippen LogP contribution in [-0.2, 0) is 6.42 Å². The standard InChI is InChI=1S/C23H20ClNO2/c1-27-18-9-6-8-17(15-18)23(26)25-14-13-16-7-2-3-10-19(16)22(25)20-11-4-5-12-21(20)24/h2-12,15,22H,13-14H2,1H3. The summed E-state index contributed by atoms with van der Waals surface area (Å²) in [6, 6.07) is 23.1. The summed E-state index contributed by atoms with van der Waals surface area (Å²) in [5, 5.41) is 0.669. The topological polar surface area (TPSA) is 29.5 Å². The van der Waals surface area contributed by atoms with Crippen molar-refractivity contribution in [3.8, 4) is 5.75 Å². The number of carbonyl (C=O) groups excluding carboxylic acids is 1. The second kappa shape index (κ2) is 7.45. The maximum absolute atomic E-state index is 13.4. The lowest BCUT2D eigenvalue weighted by molar-refractivity contribution is 0.0694. The molecule has 27 heavy (non-hydrogen) atoms. The minimum atomic E-state index is -0.206. The quantitative estimate of drug-likeness (QED) is 0.632. The average Bonchev–Trinajstić information content (AvgIpc) is 2.73. The number of halogens is 1. The Morgan fingerprint density at radius 3 is 2.52 bits per heavy atom. The first-order chi connectivity index (χ1) is 13.2. The molecule has 0 saturated heterocycles. The van der Waals surface area contributed by atoms with Gasteiger partial charge in [0.25, 0.3) is 5.91 Å². The third-order valence-electron chi connectivity index (χ3n) is 5.06. The molecule has 0 fully saturated rings. The molecule has 0 radical (unpaired) electrons. The van der Waals surface area contributed by atoms with Gasteiger partial charge in [0.15, 0.2) is 0 Å². The van der Waals surface area contributed by atoms with E-state index in [0.717, 1.165) is 17.5 Å². The number of hydrogen-bond acceptors (Lipinski definition) is 2. The second-order valence-electron chi connectivity index (χ2n) is 6.60. The Bertz CT molecular complexity index is 985. The molecule has 4 heteroatoms. The third kappa shape index (κ3) is 3.31. The van der Waals surface area contributed by atoms with E-state index in [1.165, 1.54) is 5.56 Å². The van der Waals surface area contributed by atoms with Crippen molar-refractivity contribution >= 4 is 17.5 Å². The van der Waals surface area contributed by atoms with Crippen molar-refractivity contribution in [1.29, 1.82) is 0 Å². The Morgan fingerprint density at radius 2 is 1.74 bits per heavy atom. The molecule has 1 unspecified atom stereocenters. The number of rotatable bonds is 3. The van der Waals surface area contributed by atoms with E-state index >= 15 is 0 Å². The fraction of sp³-hybridized carbons (Fsp3) is 0.174. The molecule has 0 aliphatic carbocycles. The van der Waals surface area contributed by atoms with Crippen LogP contribution in [0.2, 0.25) is 5.02 Å². The average molecular weight is 378 g/mol. The first-order valence-electron chi connectivity index (χ1n) is 8.96. The number of benzene rings is 3. The fourth-order valence-electron chi connectivity index (χ4n) is 3.74. The highest BCUT2D eigenvalue weighted by Crippen LogP contribution is 2.39. The predicted molar refractivity (Wildman–Crippen MR) is 107 cm³/mol. The monoisotopic (exact) mass is 377 g/mol. The lowest BCUT2D eigenvalue weighted by atomic mass is 9.87. The van der Waals surface area contributed by atoms with Crippen molar-refractivity contribution < 1.29 is 9.53 Å². The van der Waals surface area contributed by atoms with Crippen molar-refractivity contribution in [2.75, 3.05) is 13.7 Å². The van der Waals surface area contributed by atoms with Gasteiger partial charge in [0.1, 0.15) is 5.75 Å². The van der Waals surface area contributed by atoms with E-state index < -0.39 is 0 Å². The van der Waals surface area contributed by atoms with Crippen molar-refractivity contribution in [3.63, 3.8) is 0 Å². The van der Waals surface area contributed by atoms with Crippen LogP contribution in [0.3, 0.4) is 0 Å². The highest BCUT2D eigenvalue weighted by Gasteiger charge is 2.33. The number of ether oxygens (including phenoxy) is 1. The highest BCUT2D eigenvalue weighted by atomic mass is 35.5. The van der Waals surface area contributed by atoms with Crippen LogP contribution in [0.25, 0.3) is 0 Å². The molecule has 0 bridgehead atoms. The van der Waals surface area contributed by atoms with E-state index in [1.807, 2.05) is 59.5 Å². The van der Waals surface area contributed by atoms with Gasteiger partial charge in [-0.3, -0.25) is 4.79 Å². The highest BCUT2D eigenvalue weighted by molar-refractivity contribution is 6.31. The number of fused-ring (bicyclic) bond motifs is 1. The van der Waals surface area contributed by atoms with Gasteiger partial charge in [-0.25, -0.2) is 0 Å². The van der Waals surface area contributed by atoms with E-state index in [9.17, 15) is 4.79 Å². The van der Waals surface area contributed by atoms with Crippen LogP contribution >= 0.6 is 11.6 Å². The molecular weight excluding hydrogens is 358 g/mol. The third-order valence-corrected chi connectivity index (χ3v) is 5.40. The second-order valence-corrected chi connectivity index (χ2v) is 7.01. The summed E-state index contributed by atoms with van der Waals surface area (Å²) in [6.45, 7) is 0.642. The summed E-state index contributed by atoms with van der Waals surface area (Å²) < 4.78 is 5.29. The molecule has 1 aliphatic rings. The number of methoxy groups -OCH3 is 1. The molecule has 3 aromatic rings. The Morgan fingerprint density at radius 1 is 1.00 bits per heavy atom. The van der Waals surface area contributed by atoms with Crippen LogP contribution in [0.15, 0.2) is 72.8 Å². The number of amides is 1. The van der Waals surface area contributed by atoms with Crippen LogP contribution in [0, 0.1) is 0 Å². The molecule has 1 amide bonds. The Hall–Kier alpha value is -2.78. The number of carbonyl (C=O) groups is 1. The molecule has 0 N–H and O–H groups in total. The molecule has 0 aromatic heterocycles. The van der Waals surface area contributed by atoms with Crippen molar-refractivity contribution in [1.82, 2.24) is 4.90 Å². The van der Waals surface area contributed by atoms with Gasteiger partial charge in [-0.1, -0.05) is 60.1 Å². The van der Waals surface area contributed by atoms with E-state index in [4.69, 9.17) is 16.3 Å². The van der Waals surface area contributed by atoms with Crippen molar-refractivity contribution in [2.45, 2.75) is 12.5 Å². The summed E-state index contributed by atoms with van der Waals surface area (Å²) in [6.07, 6.45) is 0.826. The molecule has 1 atom stereocenters. The lowest BCUT2D eigenvalue weighted by Gasteiger charge is -2.38. The molecule has 4 rings (SSSR count). The Kier molecular flexibility index (Phi) is 4.87. The summed E-state index contributed by atoms with van der Waals surface area (Å²) >= 11 is 6.53. The lowest BCUT2D eigenvalue weighted by Crippen LogP contribution is -2.40. The van der Waals surface area contributed by atoms with Crippen LogP contribution in [-0.4, -0.2) is 24.5 Å². The van der Waals surface area contributed by atoms with E-state index in [1.54, 1.807) is 13.2 Å². The largest absolute Gasteiger partial charge is 0.497 e. The van der Waals surface area contributed by atoms with E-state index in [0.29, 0.717) is 22.9 Å². The zero-order valence-electron chi connectivity index (χ0n) is 15.1. The maximum atomic E-state index is 13.4. The number of nitrogens with zero attached hydrogens (tertiary/aromatic N) is 1. The van der Waals surface area contributed by atoms with Crippen molar-refractivity contribution in [2.24, 2.45) is 0 Å². The van der Waals surface area contributed by atoms with Gasteiger partial charge in [-0.15, -0.1) is 0 Å². The van der Waals surface area contributed by atoms with Crippen LogP contribution < -0.4 is 4.74 Å². The predicted octanol–water partition coefficient (Wildman–Crippen LogP) is 5.14. The van der Waals surface area contributed by atoms with Gasteiger partial charge < -0.3 is 9.64 Å². The Labute approximate surface area is 164 Å². The normalized spacial score (nSPS) is 15.9. The number of hydrogen-bond donors (Lipinski definition) is 0. The van der Waals surface area contributed by atoms with Gasteiger partial charge >= 0.3 is 0 Å². The minimum absolute atomic E-state index is 0.0201. The van der Waals surface area contributed by atoms with Crippen molar-refractivity contribution in [3.05, 3.63) is 100 Å². The minimum Gasteiger partial charge on any atom is -0.497 e. The molecule has 0 spiro atoms. The Balaban J connectivity index is 1.81. The molecule has 1 heterocycles. The molecular formula is C23H20ClNO2. The molecule has 3 aromatic carbocycles. The van der Waals surface area contributed by atoms with E-state index in [-0.39, 0.29) is 11.9 Å². The van der Waals surface area contributed by atoms with Crippen LogP contribution in [0.5, 0.6) is 5.75 Å². The van der Waals surface area contributed by atoms with Gasteiger partial charge in [-0.05, 0) is 47.4 Å². The molecule has 1 aliphatic heterocycles. The van der Waals surface area contributed by atoms with Gasteiger partial charge in [-0.2, -0.15) is 0 Å². The zero-order chi connectivity index (χ0) is 18.8. The maximum Gasteiger partial charge on any atom is 0.254 e. The zero-order valence-corrected chi connectivity index (χ0v) is 15.8. The van der Waals surface area contributed by atoms with E-state index in [2.05, 4.69) is 12.1 Å². The van der Waals surface area contributed by atoms with Gasteiger partial charge in [0.2, 0.25) is 0 Å². The van der Waals surface area contributed by atoms with Gasteiger partial charge in [0, 0.05) is 17.1 Å². The first-order valence-corrected chi connectivity index (χ1v) is 9.34. The molecule has 3 nitrogen and oxygen atoms in total. The summed E-state index contributed by atoms with van der Waals surface area (Å²) in [4.78, 5) is 15.3. The molecule has 0 saturated carbocycles. The summed E-state index contributed by atoms with van der Waals surface area (Å²) in [5.74, 6) is 0.654. The fourth-order valence-corrected chi connectivity index (χ4v) is 3.98. The summed E-state index contributed by atoms with van der Waals surface area (Å²) in [5.41, 5.74) is 3.96. The smallest absolute Gasteiger partial charge is 0.254 e.